The molecule has 2 aliphatic heterocycles. The van der Waals surface area contributed by atoms with E-state index in [1.807, 2.05) is 27.8 Å². The zero-order chi connectivity index (χ0) is 28.1. The highest BCUT2D eigenvalue weighted by molar-refractivity contribution is 5.90. The van der Waals surface area contributed by atoms with Crippen LogP contribution in [0.4, 0.5) is 0 Å². The van der Waals surface area contributed by atoms with E-state index in [0.717, 1.165) is 38.8 Å². The molecule has 2 rings (SSSR count). The number of hydrogen-bond acceptors (Lipinski definition) is 6. The van der Waals surface area contributed by atoms with Crippen LogP contribution >= 0.6 is 0 Å². The number of rotatable bonds is 10. The van der Waals surface area contributed by atoms with Gasteiger partial charge in [-0.15, -0.1) is 0 Å². The monoisotopic (exact) mass is 523 g/mol. The highest BCUT2D eigenvalue weighted by atomic mass is 16.4. The zero-order valence-electron chi connectivity index (χ0n) is 24.1. The van der Waals surface area contributed by atoms with Gasteiger partial charge in [-0.25, -0.2) is 0 Å². The van der Waals surface area contributed by atoms with E-state index in [2.05, 4.69) is 29.0 Å². The lowest BCUT2D eigenvalue weighted by Crippen LogP contribution is -2.61. The number of carboxylic acids is 1. The van der Waals surface area contributed by atoms with Gasteiger partial charge in [0.1, 0.15) is 12.6 Å². The van der Waals surface area contributed by atoms with Crippen molar-refractivity contribution in [1.82, 2.24) is 24.9 Å². The summed E-state index contributed by atoms with van der Waals surface area (Å²) in [6.07, 6.45) is 4.38. The summed E-state index contributed by atoms with van der Waals surface area (Å²) >= 11 is 0. The van der Waals surface area contributed by atoms with Crippen LogP contribution in [0.1, 0.15) is 66.7 Å². The van der Waals surface area contributed by atoms with E-state index < -0.39 is 23.5 Å². The first-order chi connectivity index (χ1) is 17.1. The van der Waals surface area contributed by atoms with Crippen molar-refractivity contribution >= 4 is 23.7 Å². The van der Waals surface area contributed by atoms with Crippen molar-refractivity contribution in [2.24, 2.45) is 11.3 Å². The van der Waals surface area contributed by atoms with Crippen LogP contribution in [0.15, 0.2) is 0 Å². The van der Waals surface area contributed by atoms with Crippen LogP contribution in [0, 0.1) is 11.3 Å². The Balaban J connectivity index is 2.18. The molecule has 2 N–H and O–H groups in total. The molecule has 10 heteroatoms. The molecule has 10 nitrogen and oxygen atoms in total. The van der Waals surface area contributed by atoms with Crippen molar-refractivity contribution in [1.29, 1.82) is 0 Å². The van der Waals surface area contributed by atoms with Crippen molar-refractivity contribution < 1.29 is 24.3 Å². The van der Waals surface area contributed by atoms with Gasteiger partial charge in [0.15, 0.2) is 0 Å². The lowest BCUT2D eigenvalue weighted by molar-refractivity contribution is -0.146. The predicted octanol–water partition coefficient (Wildman–Crippen LogP) is 1.49. The van der Waals surface area contributed by atoms with Crippen molar-refractivity contribution in [3.8, 4) is 0 Å². The number of piperidine rings is 1. The van der Waals surface area contributed by atoms with Gasteiger partial charge < -0.3 is 20.2 Å². The maximum absolute atomic E-state index is 13.9. The maximum atomic E-state index is 13.9. The molecule has 0 aromatic heterocycles. The molecule has 37 heavy (non-hydrogen) atoms. The molecule has 4 atom stereocenters. The van der Waals surface area contributed by atoms with Crippen molar-refractivity contribution in [3.63, 3.8) is 0 Å². The average Bonchev–Trinajstić information content (AvgIpc) is 3.26. The molecule has 2 heterocycles. The number of amides is 3. The Kier molecular flexibility index (Phi) is 10.9. The minimum absolute atomic E-state index is 0.100. The van der Waals surface area contributed by atoms with E-state index in [-0.39, 0.29) is 42.3 Å². The van der Waals surface area contributed by atoms with E-state index in [9.17, 15) is 19.2 Å². The van der Waals surface area contributed by atoms with Crippen LogP contribution in [0.2, 0.25) is 0 Å². The second-order valence-corrected chi connectivity index (χ2v) is 12.3. The van der Waals surface area contributed by atoms with Crippen LogP contribution in [0.5, 0.6) is 0 Å². The Morgan fingerprint density at radius 3 is 2.16 bits per heavy atom. The SMILES string of the molecule is CC(C)[C@@H](CN1CCC[C@H]1C(=O)N(C)CC(=O)O)N(C)C(=O)[C@@H](NC(=O)C1CCCCN1C)C(C)(C)C. The standard InChI is InChI=1S/C27H49N5O5/c1-18(2)21(16-32-15-11-13-20(32)25(36)30(7)17-22(33)34)31(8)26(37)23(27(3,4)5)28-24(35)19-12-9-10-14-29(19)6/h18-21,23H,9-17H2,1-8H3,(H,28,35)(H,33,34)/t19?,20-,21+,23+/m0/s1. The molecular formula is C27H49N5O5. The Bertz CT molecular complexity index is 826. The number of nitrogens with zero attached hydrogens (tertiary/aromatic N) is 4. The normalized spacial score (nSPS) is 22.9. The molecule has 0 bridgehead atoms. The number of carboxylic acid groups (broad SMARTS) is 1. The first kappa shape index (κ1) is 31.0. The number of carbonyl (C=O) groups excluding carboxylic acids is 3. The van der Waals surface area contributed by atoms with Gasteiger partial charge in [0, 0.05) is 26.7 Å². The molecule has 3 amide bonds. The Morgan fingerprint density at radius 2 is 1.62 bits per heavy atom. The summed E-state index contributed by atoms with van der Waals surface area (Å²) in [5.74, 6) is -1.36. The molecule has 2 saturated heterocycles. The number of likely N-dealkylation sites (tertiary alicyclic amines) is 2. The first-order valence-electron chi connectivity index (χ1n) is 13.6. The van der Waals surface area contributed by atoms with Gasteiger partial charge in [-0.1, -0.05) is 41.0 Å². The first-order valence-corrected chi connectivity index (χ1v) is 13.6. The Morgan fingerprint density at radius 1 is 1.00 bits per heavy atom. The lowest BCUT2D eigenvalue weighted by atomic mass is 9.84. The number of aliphatic carboxylic acids is 1. The third kappa shape index (κ3) is 8.14. The molecule has 2 aliphatic rings. The molecule has 0 spiro atoms. The summed E-state index contributed by atoms with van der Waals surface area (Å²) in [6, 6.07) is -1.48. The van der Waals surface area contributed by atoms with E-state index in [1.54, 1.807) is 11.9 Å². The van der Waals surface area contributed by atoms with Crippen LogP contribution in [-0.2, 0) is 19.2 Å². The third-order valence-electron chi connectivity index (χ3n) is 7.91. The maximum Gasteiger partial charge on any atom is 0.323 e. The van der Waals surface area contributed by atoms with Gasteiger partial charge in [0.05, 0.1) is 12.1 Å². The molecule has 0 aromatic rings. The number of nitrogens with one attached hydrogen (secondary N) is 1. The smallest absolute Gasteiger partial charge is 0.323 e. The van der Waals surface area contributed by atoms with Gasteiger partial charge >= 0.3 is 5.97 Å². The summed E-state index contributed by atoms with van der Waals surface area (Å²) in [5.41, 5.74) is -0.485. The summed E-state index contributed by atoms with van der Waals surface area (Å²) in [6.45, 7) is 11.8. The Labute approximate surface area is 222 Å². The van der Waals surface area contributed by atoms with Gasteiger partial charge in [0.2, 0.25) is 17.7 Å². The van der Waals surface area contributed by atoms with Gasteiger partial charge in [0.25, 0.3) is 0 Å². The summed E-state index contributed by atoms with van der Waals surface area (Å²) < 4.78 is 0. The molecule has 1 unspecified atom stereocenters. The second-order valence-electron chi connectivity index (χ2n) is 12.3. The summed E-state index contributed by atoms with van der Waals surface area (Å²) in [5, 5.41) is 12.2. The zero-order valence-corrected chi connectivity index (χ0v) is 24.1. The molecular weight excluding hydrogens is 474 g/mol. The van der Waals surface area contributed by atoms with Crippen molar-refractivity contribution in [3.05, 3.63) is 0 Å². The fourth-order valence-electron chi connectivity index (χ4n) is 5.54. The molecule has 0 aliphatic carbocycles. The van der Waals surface area contributed by atoms with Crippen LogP contribution in [0.25, 0.3) is 0 Å². The highest BCUT2D eigenvalue weighted by Gasteiger charge is 2.41. The minimum Gasteiger partial charge on any atom is -0.480 e. The van der Waals surface area contributed by atoms with Gasteiger partial charge in [-0.3, -0.25) is 29.0 Å². The van der Waals surface area contributed by atoms with Gasteiger partial charge in [-0.05, 0) is 57.2 Å². The molecule has 2 fully saturated rings. The molecule has 0 radical (unpaired) electrons. The number of carbonyl (C=O) groups is 4. The largest absolute Gasteiger partial charge is 0.480 e. The Hall–Kier alpha value is -2.20. The lowest BCUT2D eigenvalue weighted by Gasteiger charge is -2.41. The van der Waals surface area contributed by atoms with Crippen LogP contribution in [-0.4, -0.2) is 120 Å². The van der Waals surface area contributed by atoms with Gasteiger partial charge in [-0.2, -0.15) is 0 Å². The summed E-state index contributed by atoms with van der Waals surface area (Å²) in [4.78, 5) is 58.3. The quantitative estimate of drug-likeness (QED) is 0.446. The van der Waals surface area contributed by atoms with Crippen LogP contribution < -0.4 is 5.32 Å². The molecule has 0 saturated carbocycles. The van der Waals surface area contributed by atoms with E-state index in [0.29, 0.717) is 13.0 Å². The van der Waals surface area contributed by atoms with E-state index >= 15 is 0 Å². The van der Waals surface area contributed by atoms with Crippen molar-refractivity contribution in [2.45, 2.75) is 90.9 Å². The molecule has 212 valence electrons. The molecule has 0 aromatic carbocycles. The average molecular weight is 524 g/mol. The van der Waals surface area contributed by atoms with E-state index in [1.165, 1.54) is 11.9 Å². The topological polar surface area (TPSA) is 113 Å². The van der Waals surface area contributed by atoms with E-state index in [4.69, 9.17) is 5.11 Å². The second kappa shape index (κ2) is 13.0. The summed E-state index contributed by atoms with van der Waals surface area (Å²) in [7, 11) is 5.26. The minimum atomic E-state index is -1.04. The third-order valence-corrected chi connectivity index (χ3v) is 7.91. The predicted molar refractivity (Wildman–Crippen MR) is 143 cm³/mol. The fourth-order valence-corrected chi connectivity index (χ4v) is 5.54. The number of hydrogen-bond donors (Lipinski definition) is 2. The van der Waals surface area contributed by atoms with Crippen LogP contribution in [0.3, 0.4) is 0 Å². The van der Waals surface area contributed by atoms with Crippen molar-refractivity contribution in [2.75, 3.05) is 47.3 Å². The number of likely N-dealkylation sites (N-methyl/N-ethyl adjacent to an activating group) is 3. The highest BCUT2D eigenvalue weighted by Crippen LogP contribution is 2.26. The fraction of sp³-hybridized carbons (Fsp3) is 0.852.